The molecule has 1 aromatic carbocycles. The second-order valence-electron chi connectivity index (χ2n) is 2.62. The van der Waals surface area contributed by atoms with Crippen LogP contribution in [0.3, 0.4) is 0 Å². The Balaban J connectivity index is 2.91. The lowest BCUT2D eigenvalue weighted by molar-refractivity contribution is -0.274. The van der Waals surface area contributed by atoms with Gasteiger partial charge in [0.2, 0.25) is 0 Å². The fraction of sp³-hybridized carbons (Fsp3) is 0.200. The topological polar surface area (TPSA) is 9.23 Å². The summed E-state index contributed by atoms with van der Waals surface area (Å²) in [6.07, 6.45) is -4.84. The predicted molar refractivity (Wildman–Crippen MR) is 50.7 cm³/mol. The molecule has 0 spiro atoms. The van der Waals surface area contributed by atoms with Crippen LogP contribution in [-0.2, 0) is 0 Å². The number of ether oxygens (including phenoxy) is 1. The van der Waals surface area contributed by atoms with Crippen molar-refractivity contribution in [1.82, 2.24) is 0 Å². The molecule has 16 heavy (non-hydrogen) atoms. The van der Waals surface area contributed by atoms with E-state index in [4.69, 9.17) is 11.6 Å². The number of benzene rings is 1. The molecule has 0 aromatic heterocycles. The molecule has 0 N–H and O–H groups in total. The van der Waals surface area contributed by atoms with Gasteiger partial charge in [0.15, 0.2) is 0 Å². The normalized spacial score (nSPS) is 10.6. The van der Waals surface area contributed by atoms with E-state index >= 15 is 0 Å². The average molecular weight is 253 g/mol. The zero-order valence-electron chi connectivity index (χ0n) is 7.74. The van der Waals surface area contributed by atoms with Gasteiger partial charge in [-0.25, -0.2) is 4.39 Å². The van der Waals surface area contributed by atoms with E-state index in [1.807, 2.05) is 0 Å². The van der Waals surface area contributed by atoms with Gasteiger partial charge < -0.3 is 4.74 Å². The van der Waals surface area contributed by atoms with Gasteiger partial charge in [-0.05, 0) is 12.1 Å². The molecule has 0 unspecified atom stereocenters. The van der Waals surface area contributed by atoms with Crippen LogP contribution in [0.1, 0.15) is 5.56 Å². The summed E-state index contributed by atoms with van der Waals surface area (Å²) in [4.78, 5) is 0. The van der Waals surface area contributed by atoms with Crippen molar-refractivity contribution in [3.8, 4) is 17.6 Å². The standard InChI is InChI=1S/C10H5ClF4O/c11-5-1-2-7-3-4-8(6-9(7)12)16-10(13,14)15/h3-4,6H,5H2. The van der Waals surface area contributed by atoms with E-state index < -0.39 is 17.9 Å². The lowest BCUT2D eigenvalue weighted by Gasteiger charge is -2.08. The van der Waals surface area contributed by atoms with Gasteiger partial charge >= 0.3 is 6.36 Å². The van der Waals surface area contributed by atoms with Gasteiger partial charge in [0.05, 0.1) is 11.4 Å². The molecule has 0 amide bonds. The molecule has 0 saturated carbocycles. The first kappa shape index (κ1) is 12.7. The predicted octanol–water partition coefficient (Wildman–Crippen LogP) is 3.31. The van der Waals surface area contributed by atoms with Gasteiger partial charge in [0.25, 0.3) is 0 Å². The van der Waals surface area contributed by atoms with Crippen molar-refractivity contribution in [2.75, 3.05) is 5.88 Å². The Labute approximate surface area is 94.0 Å². The number of halogens is 5. The molecular formula is C10H5ClF4O. The molecule has 1 nitrogen and oxygen atoms in total. The zero-order valence-corrected chi connectivity index (χ0v) is 8.49. The Morgan fingerprint density at radius 3 is 2.50 bits per heavy atom. The number of hydrogen-bond donors (Lipinski definition) is 0. The van der Waals surface area contributed by atoms with E-state index in [0.29, 0.717) is 6.07 Å². The molecule has 0 aliphatic rings. The molecule has 0 radical (unpaired) electrons. The fourth-order valence-corrected chi connectivity index (χ4v) is 0.990. The van der Waals surface area contributed by atoms with Gasteiger partial charge in [0.1, 0.15) is 11.6 Å². The summed E-state index contributed by atoms with van der Waals surface area (Å²) in [5.74, 6) is 3.25. The summed E-state index contributed by atoms with van der Waals surface area (Å²) < 4.78 is 52.0. The molecule has 0 saturated heterocycles. The van der Waals surface area contributed by atoms with Crippen LogP contribution in [0.5, 0.6) is 5.75 Å². The molecular weight excluding hydrogens is 248 g/mol. The first-order chi connectivity index (χ1) is 7.42. The van der Waals surface area contributed by atoms with E-state index in [9.17, 15) is 17.6 Å². The van der Waals surface area contributed by atoms with Crippen LogP contribution in [0.25, 0.3) is 0 Å². The first-order valence-corrected chi connectivity index (χ1v) is 4.56. The summed E-state index contributed by atoms with van der Waals surface area (Å²) in [5.41, 5.74) is -0.0322. The van der Waals surface area contributed by atoms with Crippen LogP contribution in [0.2, 0.25) is 0 Å². The van der Waals surface area contributed by atoms with Crippen molar-refractivity contribution in [2.24, 2.45) is 0 Å². The third-order valence-corrected chi connectivity index (χ3v) is 1.60. The maximum absolute atomic E-state index is 13.2. The Bertz CT molecular complexity index is 431. The highest BCUT2D eigenvalue weighted by Crippen LogP contribution is 2.24. The van der Waals surface area contributed by atoms with Crippen molar-refractivity contribution in [2.45, 2.75) is 6.36 Å². The van der Waals surface area contributed by atoms with Crippen LogP contribution >= 0.6 is 11.6 Å². The highest BCUT2D eigenvalue weighted by molar-refractivity contribution is 6.19. The van der Waals surface area contributed by atoms with Gasteiger partial charge in [-0.15, -0.1) is 24.8 Å². The van der Waals surface area contributed by atoms with Crippen molar-refractivity contribution in [3.63, 3.8) is 0 Å². The number of alkyl halides is 4. The smallest absolute Gasteiger partial charge is 0.406 e. The second-order valence-corrected chi connectivity index (χ2v) is 2.89. The molecule has 0 atom stereocenters. The van der Waals surface area contributed by atoms with Gasteiger partial charge in [-0.1, -0.05) is 11.8 Å². The molecule has 0 aliphatic heterocycles. The summed E-state index contributed by atoms with van der Waals surface area (Å²) >= 11 is 5.25. The van der Waals surface area contributed by atoms with Crippen LogP contribution < -0.4 is 4.74 Å². The van der Waals surface area contributed by atoms with E-state index in [1.54, 1.807) is 0 Å². The molecule has 0 heterocycles. The third kappa shape index (κ3) is 3.99. The van der Waals surface area contributed by atoms with Crippen LogP contribution in [0.15, 0.2) is 18.2 Å². The molecule has 0 aliphatic carbocycles. The summed E-state index contributed by atoms with van der Waals surface area (Å²) in [6, 6.07) is 2.69. The number of rotatable bonds is 1. The highest BCUT2D eigenvalue weighted by Gasteiger charge is 2.31. The zero-order chi connectivity index (χ0) is 12.2. The van der Waals surface area contributed by atoms with Crippen molar-refractivity contribution in [3.05, 3.63) is 29.6 Å². The van der Waals surface area contributed by atoms with E-state index in [2.05, 4.69) is 16.6 Å². The SMILES string of the molecule is Fc1cc(OC(F)(F)F)ccc1C#CCCl. The molecule has 0 bridgehead atoms. The van der Waals surface area contributed by atoms with E-state index in [0.717, 1.165) is 12.1 Å². The monoisotopic (exact) mass is 252 g/mol. The number of hydrogen-bond acceptors (Lipinski definition) is 1. The quantitative estimate of drug-likeness (QED) is 0.423. The van der Waals surface area contributed by atoms with Crippen molar-refractivity contribution < 1.29 is 22.3 Å². The summed E-state index contributed by atoms with van der Waals surface area (Å²) in [6.45, 7) is 0. The minimum absolute atomic E-state index is 0.0141. The lowest BCUT2D eigenvalue weighted by atomic mass is 10.2. The van der Waals surface area contributed by atoms with Crippen LogP contribution in [0, 0.1) is 17.7 Å². The van der Waals surface area contributed by atoms with Crippen molar-refractivity contribution >= 4 is 11.6 Å². The Morgan fingerprint density at radius 1 is 1.31 bits per heavy atom. The molecule has 0 fully saturated rings. The van der Waals surface area contributed by atoms with Crippen molar-refractivity contribution in [1.29, 1.82) is 0 Å². The highest BCUT2D eigenvalue weighted by atomic mass is 35.5. The Morgan fingerprint density at radius 2 is 2.00 bits per heavy atom. The minimum Gasteiger partial charge on any atom is -0.406 e. The lowest BCUT2D eigenvalue weighted by Crippen LogP contribution is -2.17. The Hall–Kier alpha value is -1.41. The molecule has 1 rings (SSSR count). The Kier molecular flexibility index (Phi) is 4.02. The van der Waals surface area contributed by atoms with Gasteiger partial charge in [0, 0.05) is 6.07 Å². The van der Waals surface area contributed by atoms with Gasteiger partial charge in [-0.2, -0.15) is 0 Å². The fourth-order valence-electron chi connectivity index (χ4n) is 0.923. The minimum atomic E-state index is -4.84. The van der Waals surface area contributed by atoms with Crippen LogP contribution in [-0.4, -0.2) is 12.2 Å². The molecule has 1 aromatic rings. The second kappa shape index (κ2) is 5.08. The average Bonchev–Trinajstić information content (AvgIpc) is 2.14. The largest absolute Gasteiger partial charge is 0.573 e. The summed E-state index contributed by atoms with van der Waals surface area (Å²) in [7, 11) is 0. The molecule has 6 heteroatoms. The first-order valence-electron chi connectivity index (χ1n) is 4.02. The van der Waals surface area contributed by atoms with Crippen LogP contribution in [0.4, 0.5) is 17.6 Å². The molecule has 86 valence electrons. The van der Waals surface area contributed by atoms with Gasteiger partial charge in [-0.3, -0.25) is 0 Å². The maximum Gasteiger partial charge on any atom is 0.573 e. The maximum atomic E-state index is 13.2. The summed E-state index contributed by atoms with van der Waals surface area (Å²) in [5, 5.41) is 0. The van der Waals surface area contributed by atoms with E-state index in [-0.39, 0.29) is 11.4 Å². The third-order valence-electron chi connectivity index (χ3n) is 1.46. The van der Waals surface area contributed by atoms with E-state index in [1.165, 1.54) is 0 Å².